The molecule has 0 saturated carbocycles. The molecule has 0 bridgehead atoms. The maximum Gasteiger partial charge on any atom is 0.322 e. The van der Waals surface area contributed by atoms with Crippen LogP contribution in [0.5, 0.6) is 5.88 Å². The Morgan fingerprint density at radius 3 is 2.78 bits per heavy atom. The number of likely N-dealkylation sites (tertiary alicyclic amines) is 1. The summed E-state index contributed by atoms with van der Waals surface area (Å²) in [5.74, 6) is 0.530. The number of nitrogens with zero attached hydrogens (tertiary/aromatic N) is 2. The number of hydrogen-bond acceptors (Lipinski definition) is 3. The highest BCUT2D eigenvalue weighted by Crippen LogP contribution is 2.27. The van der Waals surface area contributed by atoms with Crippen molar-refractivity contribution in [3.63, 3.8) is 0 Å². The molecule has 1 aromatic carbocycles. The van der Waals surface area contributed by atoms with Gasteiger partial charge in [-0.25, -0.2) is 9.78 Å². The predicted molar refractivity (Wildman–Crippen MR) is 93.4 cm³/mol. The topological polar surface area (TPSA) is 54.5 Å². The van der Waals surface area contributed by atoms with E-state index in [0.717, 1.165) is 4.47 Å². The van der Waals surface area contributed by atoms with Gasteiger partial charge in [0.2, 0.25) is 5.88 Å². The summed E-state index contributed by atoms with van der Waals surface area (Å²) >= 11 is 15.1. The molecular formula is C15H12BrCl2N3O2. The molecule has 0 radical (unpaired) electrons. The van der Waals surface area contributed by atoms with Crippen LogP contribution < -0.4 is 10.1 Å². The van der Waals surface area contributed by atoms with Crippen molar-refractivity contribution in [3.8, 4) is 5.88 Å². The minimum absolute atomic E-state index is 0.0687. The third-order valence-electron chi connectivity index (χ3n) is 3.31. The van der Waals surface area contributed by atoms with Gasteiger partial charge in [-0.3, -0.25) is 0 Å². The molecule has 0 aliphatic carbocycles. The molecule has 1 saturated heterocycles. The van der Waals surface area contributed by atoms with Gasteiger partial charge in [0.05, 0.1) is 27.6 Å². The normalized spacial score (nSPS) is 14.3. The lowest BCUT2D eigenvalue weighted by Crippen LogP contribution is -2.57. The van der Waals surface area contributed by atoms with Crippen LogP contribution >= 0.6 is 39.1 Å². The van der Waals surface area contributed by atoms with Gasteiger partial charge < -0.3 is 15.0 Å². The molecule has 5 nitrogen and oxygen atoms in total. The highest BCUT2D eigenvalue weighted by Gasteiger charge is 2.33. The quantitative estimate of drug-likeness (QED) is 0.804. The second kappa shape index (κ2) is 6.95. The van der Waals surface area contributed by atoms with Crippen LogP contribution in [0, 0.1) is 0 Å². The number of pyridine rings is 1. The molecule has 1 aliphatic rings. The Morgan fingerprint density at radius 2 is 2.09 bits per heavy atom. The highest BCUT2D eigenvalue weighted by atomic mass is 79.9. The molecule has 2 amide bonds. The van der Waals surface area contributed by atoms with E-state index in [1.165, 1.54) is 0 Å². The number of nitrogens with one attached hydrogen (secondary N) is 1. The number of aromatic nitrogens is 1. The minimum Gasteiger partial charge on any atom is -0.470 e. The summed E-state index contributed by atoms with van der Waals surface area (Å²) in [7, 11) is 0. The maximum absolute atomic E-state index is 12.1. The number of rotatable bonds is 3. The smallest absolute Gasteiger partial charge is 0.322 e. The van der Waals surface area contributed by atoms with Crippen molar-refractivity contribution in [1.82, 2.24) is 9.88 Å². The molecule has 1 aliphatic heterocycles. The van der Waals surface area contributed by atoms with E-state index in [0.29, 0.717) is 34.7 Å². The van der Waals surface area contributed by atoms with E-state index in [4.69, 9.17) is 27.9 Å². The summed E-state index contributed by atoms with van der Waals surface area (Å²) in [5.41, 5.74) is 0.598. The van der Waals surface area contributed by atoms with Crippen molar-refractivity contribution < 1.29 is 9.53 Å². The number of carbonyl (C=O) groups is 1. The molecule has 2 heterocycles. The zero-order valence-electron chi connectivity index (χ0n) is 11.8. The molecule has 1 N–H and O–H groups in total. The van der Waals surface area contributed by atoms with Crippen LogP contribution in [0.15, 0.2) is 41.0 Å². The number of anilines is 1. The molecule has 1 fully saturated rings. The molecule has 0 atom stereocenters. The summed E-state index contributed by atoms with van der Waals surface area (Å²) in [5, 5.41) is 3.62. The number of ether oxygens (including phenoxy) is 1. The highest BCUT2D eigenvalue weighted by molar-refractivity contribution is 9.10. The standard InChI is InChI=1S/C15H12BrCl2N3O2/c16-11-2-1-5-19-14(11)23-10-7-21(8-10)15(22)20-9-3-4-12(17)13(18)6-9/h1-6,10H,7-8H2,(H,20,22). The summed E-state index contributed by atoms with van der Waals surface area (Å²) in [6.45, 7) is 0.992. The van der Waals surface area contributed by atoms with Gasteiger partial charge in [0.25, 0.3) is 0 Å². The molecule has 3 rings (SSSR count). The van der Waals surface area contributed by atoms with Crippen LogP contribution in [0.3, 0.4) is 0 Å². The zero-order chi connectivity index (χ0) is 16.4. The lowest BCUT2D eigenvalue weighted by Gasteiger charge is -2.38. The van der Waals surface area contributed by atoms with Gasteiger partial charge in [-0.2, -0.15) is 0 Å². The third-order valence-corrected chi connectivity index (χ3v) is 4.65. The first-order valence-electron chi connectivity index (χ1n) is 6.81. The number of benzene rings is 1. The predicted octanol–water partition coefficient (Wildman–Crippen LogP) is 4.45. The fraction of sp³-hybridized carbons (Fsp3) is 0.200. The van der Waals surface area contributed by atoms with Gasteiger partial charge in [-0.15, -0.1) is 0 Å². The first-order chi connectivity index (χ1) is 11.0. The van der Waals surface area contributed by atoms with Gasteiger partial charge in [-0.05, 0) is 46.3 Å². The van der Waals surface area contributed by atoms with Crippen LogP contribution in [0.4, 0.5) is 10.5 Å². The Labute approximate surface area is 151 Å². The molecule has 23 heavy (non-hydrogen) atoms. The zero-order valence-corrected chi connectivity index (χ0v) is 14.9. The fourth-order valence-electron chi connectivity index (χ4n) is 2.07. The molecule has 120 valence electrons. The Hall–Kier alpha value is -1.50. The summed E-state index contributed by atoms with van der Waals surface area (Å²) < 4.78 is 6.52. The molecule has 8 heteroatoms. The Morgan fingerprint density at radius 1 is 1.30 bits per heavy atom. The Balaban J connectivity index is 1.52. The van der Waals surface area contributed by atoms with Crippen LogP contribution in [-0.4, -0.2) is 35.1 Å². The third kappa shape index (κ3) is 3.88. The van der Waals surface area contributed by atoms with Crippen molar-refractivity contribution in [1.29, 1.82) is 0 Å². The summed E-state index contributed by atoms with van der Waals surface area (Å²) in [4.78, 5) is 17.9. The second-order valence-corrected chi connectivity index (χ2v) is 6.66. The molecule has 2 aromatic rings. The first-order valence-corrected chi connectivity index (χ1v) is 8.36. The van der Waals surface area contributed by atoms with Gasteiger partial charge in [0, 0.05) is 11.9 Å². The van der Waals surface area contributed by atoms with Crippen molar-refractivity contribution in [2.45, 2.75) is 6.10 Å². The molecule has 1 aromatic heterocycles. The monoisotopic (exact) mass is 415 g/mol. The number of hydrogen-bond donors (Lipinski definition) is 1. The van der Waals surface area contributed by atoms with Gasteiger partial charge in [0.15, 0.2) is 0 Å². The lowest BCUT2D eigenvalue weighted by molar-refractivity contribution is 0.0455. The van der Waals surface area contributed by atoms with Crippen LogP contribution in [0.25, 0.3) is 0 Å². The number of amides is 2. The van der Waals surface area contributed by atoms with E-state index in [1.54, 1.807) is 29.3 Å². The summed E-state index contributed by atoms with van der Waals surface area (Å²) in [6.07, 6.45) is 1.59. The first kappa shape index (κ1) is 16.4. The Bertz CT molecular complexity index is 738. The van der Waals surface area contributed by atoms with Gasteiger partial charge >= 0.3 is 6.03 Å². The van der Waals surface area contributed by atoms with E-state index in [-0.39, 0.29) is 12.1 Å². The van der Waals surface area contributed by atoms with Crippen LogP contribution in [-0.2, 0) is 0 Å². The lowest BCUT2D eigenvalue weighted by atomic mass is 10.2. The molecular weight excluding hydrogens is 405 g/mol. The largest absolute Gasteiger partial charge is 0.470 e. The van der Waals surface area contributed by atoms with E-state index >= 15 is 0 Å². The second-order valence-electron chi connectivity index (χ2n) is 4.99. The maximum atomic E-state index is 12.1. The average Bonchev–Trinajstić information content (AvgIpc) is 2.48. The van der Waals surface area contributed by atoms with Crippen molar-refractivity contribution >= 4 is 50.9 Å². The van der Waals surface area contributed by atoms with Gasteiger partial charge in [0.1, 0.15) is 6.10 Å². The number of carbonyl (C=O) groups excluding carboxylic acids is 1. The van der Waals surface area contributed by atoms with Crippen molar-refractivity contribution in [3.05, 3.63) is 51.0 Å². The van der Waals surface area contributed by atoms with E-state index in [2.05, 4.69) is 26.2 Å². The average molecular weight is 417 g/mol. The van der Waals surface area contributed by atoms with Crippen molar-refractivity contribution in [2.24, 2.45) is 0 Å². The van der Waals surface area contributed by atoms with Crippen LogP contribution in [0.2, 0.25) is 10.0 Å². The van der Waals surface area contributed by atoms with E-state index in [1.807, 2.05) is 12.1 Å². The van der Waals surface area contributed by atoms with E-state index in [9.17, 15) is 4.79 Å². The minimum atomic E-state index is -0.205. The summed E-state index contributed by atoms with van der Waals surface area (Å²) in [6, 6.07) is 8.42. The van der Waals surface area contributed by atoms with E-state index < -0.39 is 0 Å². The van der Waals surface area contributed by atoms with Crippen LogP contribution in [0.1, 0.15) is 0 Å². The number of urea groups is 1. The van der Waals surface area contributed by atoms with Crippen molar-refractivity contribution in [2.75, 3.05) is 18.4 Å². The number of halogens is 3. The molecule has 0 unspecified atom stereocenters. The SMILES string of the molecule is O=C(Nc1ccc(Cl)c(Cl)c1)N1CC(Oc2ncccc2Br)C1. The molecule has 0 spiro atoms. The van der Waals surface area contributed by atoms with Gasteiger partial charge in [-0.1, -0.05) is 23.2 Å². The fourth-order valence-corrected chi connectivity index (χ4v) is 2.72. The Kier molecular flexibility index (Phi) is 4.94.